The van der Waals surface area contributed by atoms with Crippen molar-refractivity contribution in [3.8, 4) is 5.75 Å². The molecule has 1 N–H and O–H groups in total. The molecule has 0 bridgehead atoms. The fourth-order valence-corrected chi connectivity index (χ4v) is 2.52. The van der Waals surface area contributed by atoms with Crippen molar-refractivity contribution in [3.05, 3.63) is 28.2 Å². The molecule has 2 fully saturated rings. The number of benzene rings is 1. The molecule has 3 rings (SSSR count). The number of para-hydroxylation sites is 1. The summed E-state index contributed by atoms with van der Waals surface area (Å²) in [4.78, 5) is 0. The average Bonchev–Trinajstić information content (AvgIpc) is 3.27. The second-order valence-corrected chi connectivity index (χ2v) is 6.31. The molecule has 1 aromatic rings. The smallest absolute Gasteiger partial charge is 0.189 e. The molecule has 3 nitrogen and oxygen atoms in total. The van der Waals surface area contributed by atoms with Crippen LogP contribution in [0.5, 0.6) is 5.75 Å². The fraction of sp³-hybridized carbons (Fsp3) is 0.600. The molecular formula is C15H20BrNO2. The Morgan fingerprint density at radius 1 is 1.21 bits per heavy atom. The van der Waals surface area contributed by atoms with E-state index >= 15 is 0 Å². The molecule has 0 saturated heterocycles. The van der Waals surface area contributed by atoms with Gasteiger partial charge in [0.25, 0.3) is 0 Å². The van der Waals surface area contributed by atoms with E-state index in [1.807, 2.05) is 12.1 Å². The standard InChI is InChI=1S/C15H20BrNO2/c16-14-3-1-2-12(8-17-13-6-7-13)15(14)19-10-18-9-11-4-5-11/h1-3,11,13,17H,4-10H2. The van der Waals surface area contributed by atoms with Crippen molar-refractivity contribution < 1.29 is 9.47 Å². The monoisotopic (exact) mass is 325 g/mol. The summed E-state index contributed by atoms with van der Waals surface area (Å²) < 4.78 is 12.3. The normalized spacial score (nSPS) is 18.6. The first-order valence-electron chi connectivity index (χ1n) is 7.04. The first-order valence-corrected chi connectivity index (χ1v) is 7.83. The number of hydrogen-bond donors (Lipinski definition) is 1. The van der Waals surface area contributed by atoms with Gasteiger partial charge in [-0.3, -0.25) is 0 Å². The maximum atomic E-state index is 5.79. The third-order valence-electron chi connectivity index (χ3n) is 3.54. The predicted molar refractivity (Wildman–Crippen MR) is 78.2 cm³/mol. The highest BCUT2D eigenvalue weighted by Crippen LogP contribution is 2.31. The van der Waals surface area contributed by atoms with Gasteiger partial charge in [-0.15, -0.1) is 0 Å². The van der Waals surface area contributed by atoms with Gasteiger partial charge in [0.05, 0.1) is 11.1 Å². The van der Waals surface area contributed by atoms with Gasteiger partial charge in [-0.25, -0.2) is 0 Å². The second-order valence-electron chi connectivity index (χ2n) is 5.46. The van der Waals surface area contributed by atoms with Gasteiger partial charge >= 0.3 is 0 Å². The summed E-state index contributed by atoms with van der Waals surface area (Å²) in [6.45, 7) is 2.04. The molecular weight excluding hydrogens is 306 g/mol. The van der Waals surface area contributed by atoms with E-state index in [0.29, 0.717) is 12.8 Å². The van der Waals surface area contributed by atoms with Crippen molar-refractivity contribution in [2.24, 2.45) is 5.92 Å². The van der Waals surface area contributed by atoms with Crippen molar-refractivity contribution >= 4 is 15.9 Å². The van der Waals surface area contributed by atoms with Crippen LogP contribution in [0.1, 0.15) is 31.2 Å². The van der Waals surface area contributed by atoms with Gasteiger partial charge < -0.3 is 14.8 Å². The van der Waals surface area contributed by atoms with E-state index in [4.69, 9.17) is 9.47 Å². The molecule has 0 radical (unpaired) electrons. The summed E-state index contributed by atoms with van der Waals surface area (Å²) >= 11 is 3.55. The van der Waals surface area contributed by atoms with Crippen LogP contribution in [0.3, 0.4) is 0 Å². The molecule has 0 heterocycles. The van der Waals surface area contributed by atoms with E-state index in [1.165, 1.54) is 31.2 Å². The van der Waals surface area contributed by atoms with Crippen molar-refractivity contribution in [1.29, 1.82) is 0 Å². The van der Waals surface area contributed by atoms with Crippen LogP contribution >= 0.6 is 15.9 Å². The summed E-state index contributed by atoms with van der Waals surface area (Å²) in [6, 6.07) is 6.87. The number of nitrogens with one attached hydrogen (secondary N) is 1. The molecule has 2 aliphatic carbocycles. The lowest BCUT2D eigenvalue weighted by molar-refractivity contribution is 0.00899. The van der Waals surface area contributed by atoms with Crippen LogP contribution in [0.25, 0.3) is 0 Å². The Morgan fingerprint density at radius 3 is 2.79 bits per heavy atom. The van der Waals surface area contributed by atoms with E-state index in [0.717, 1.165) is 29.3 Å². The van der Waals surface area contributed by atoms with Crippen LogP contribution in [0.15, 0.2) is 22.7 Å². The van der Waals surface area contributed by atoms with Crippen molar-refractivity contribution in [1.82, 2.24) is 5.32 Å². The molecule has 0 aromatic heterocycles. The van der Waals surface area contributed by atoms with Crippen molar-refractivity contribution in [2.45, 2.75) is 38.3 Å². The summed E-state index contributed by atoms with van der Waals surface area (Å²) in [5, 5.41) is 3.52. The third kappa shape index (κ3) is 4.20. The zero-order valence-corrected chi connectivity index (χ0v) is 12.6. The largest absolute Gasteiger partial charge is 0.466 e. The Kier molecular flexibility index (Phi) is 4.41. The lowest BCUT2D eigenvalue weighted by Gasteiger charge is -2.14. The Balaban J connectivity index is 1.53. The maximum Gasteiger partial charge on any atom is 0.189 e. The van der Waals surface area contributed by atoms with Crippen molar-refractivity contribution in [3.63, 3.8) is 0 Å². The highest BCUT2D eigenvalue weighted by molar-refractivity contribution is 9.10. The lowest BCUT2D eigenvalue weighted by atomic mass is 10.2. The molecule has 0 atom stereocenters. The first-order chi connectivity index (χ1) is 9.33. The molecule has 0 aliphatic heterocycles. The quantitative estimate of drug-likeness (QED) is 0.586. The highest BCUT2D eigenvalue weighted by Gasteiger charge is 2.22. The minimum atomic E-state index is 0.343. The van der Waals surface area contributed by atoms with Gasteiger partial charge in [0, 0.05) is 18.2 Å². The number of ether oxygens (including phenoxy) is 2. The van der Waals surface area contributed by atoms with Crippen molar-refractivity contribution in [2.75, 3.05) is 13.4 Å². The molecule has 2 saturated carbocycles. The van der Waals surface area contributed by atoms with Crippen LogP contribution in [-0.2, 0) is 11.3 Å². The Hall–Kier alpha value is -0.580. The molecule has 0 amide bonds. The number of hydrogen-bond acceptors (Lipinski definition) is 3. The molecule has 1 aromatic carbocycles. The number of rotatable bonds is 8. The van der Waals surface area contributed by atoms with Crippen LogP contribution < -0.4 is 10.1 Å². The Bertz CT molecular complexity index is 430. The first kappa shape index (κ1) is 13.4. The topological polar surface area (TPSA) is 30.5 Å². The summed E-state index contributed by atoms with van der Waals surface area (Å²) in [5.41, 5.74) is 1.19. The summed E-state index contributed by atoms with van der Waals surface area (Å²) in [5.74, 6) is 1.69. The van der Waals surface area contributed by atoms with Crippen LogP contribution in [-0.4, -0.2) is 19.4 Å². The lowest BCUT2D eigenvalue weighted by Crippen LogP contribution is -2.16. The zero-order chi connectivity index (χ0) is 13.1. The molecule has 4 heteroatoms. The van der Waals surface area contributed by atoms with E-state index < -0.39 is 0 Å². The van der Waals surface area contributed by atoms with Gasteiger partial charge in [-0.2, -0.15) is 0 Å². The molecule has 19 heavy (non-hydrogen) atoms. The van der Waals surface area contributed by atoms with Gasteiger partial charge in [-0.1, -0.05) is 12.1 Å². The molecule has 0 unspecified atom stereocenters. The van der Waals surface area contributed by atoms with E-state index in [2.05, 4.69) is 27.3 Å². The summed E-state index contributed by atoms with van der Waals surface area (Å²) in [6.07, 6.45) is 5.22. The average molecular weight is 326 g/mol. The van der Waals surface area contributed by atoms with Gasteiger partial charge in [0.1, 0.15) is 5.75 Å². The van der Waals surface area contributed by atoms with Gasteiger partial charge in [0.15, 0.2) is 6.79 Å². The molecule has 0 spiro atoms. The van der Waals surface area contributed by atoms with E-state index in [-0.39, 0.29) is 0 Å². The number of halogens is 1. The van der Waals surface area contributed by atoms with Crippen LogP contribution in [0, 0.1) is 5.92 Å². The highest BCUT2D eigenvalue weighted by atomic mass is 79.9. The molecule has 2 aliphatic rings. The van der Waals surface area contributed by atoms with E-state index in [1.54, 1.807) is 0 Å². The zero-order valence-electron chi connectivity index (χ0n) is 11.0. The minimum absolute atomic E-state index is 0.343. The van der Waals surface area contributed by atoms with Gasteiger partial charge in [-0.05, 0) is 53.6 Å². The van der Waals surface area contributed by atoms with E-state index in [9.17, 15) is 0 Å². The fourth-order valence-electron chi connectivity index (χ4n) is 2.00. The van der Waals surface area contributed by atoms with Crippen LogP contribution in [0.2, 0.25) is 0 Å². The second kappa shape index (κ2) is 6.25. The van der Waals surface area contributed by atoms with Gasteiger partial charge in [0.2, 0.25) is 0 Å². The Morgan fingerprint density at radius 2 is 2.05 bits per heavy atom. The predicted octanol–water partition coefficient (Wildman–Crippen LogP) is 3.46. The minimum Gasteiger partial charge on any atom is -0.466 e. The molecule has 104 valence electrons. The SMILES string of the molecule is Brc1cccc(CNC2CC2)c1OCOCC1CC1. The maximum absolute atomic E-state index is 5.79. The van der Waals surface area contributed by atoms with Crippen LogP contribution in [0.4, 0.5) is 0 Å². The Labute approximate surface area is 122 Å². The summed E-state index contributed by atoms with van der Waals surface area (Å²) in [7, 11) is 0. The third-order valence-corrected chi connectivity index (χ3v) is 4.17.